The van der Waals surface area contributed by atoms with Crippen LogP contribution in [0.15, 0.2) is 67.0 Å². The third kappa shape index (κ3) is 3.37. The van der Waals surface area contributed by atoms with Crippen molar-refractivity contribution in [3.8, 4) is 17.5 Å². The summed E-state index contributed by atoms with van der Waals surface area (Å²) in [7, 11) is 0. The van der Waals surface area contributed by atoms with Crippen LogP contribution in [0.2, 0.25) is 0 Å². The largest absolute Gasteiger partial charge is 0.485 e. The van der Waals surface area contributed by atoms with Gasteiger partial charge in [0.05, 0.1) is 28.9 Å². The number of amides is 1. The van der Waals surface area contributed by atoms with Crippen molar-refractivity contribution < 1.29 is 14.6 Å². The van der Waals surface area contributed by atoms with Crippen LogP contribution in [0.3, 0.4) is 0 Å². The van der Waals surface area contributed by atoms with E-state index in [4.69, 9.17) is 4.74 Å². The van der Waals surface area contributed by atoms with Crippen molar-refractivity contribution in [2.45, 2.75) is 31.6 Å². The van der Waals surface area contributed by atoms with Crippen LogP contribution in [0.4, 0.5) is 0 Å². The van der Waals surface area contributed by atoms with Crippen molar-refractivity contribution >= 4 is 5.91 Å². The van der Waals surface area contributed by atoms with E-state index in [1.54, 1.807) is 44.2 Å². The third-order valence-corrected chi connectivity index (χ3v) is 5.19. The monoisotopic (exact) mass is 387 g/mol. The zero-order chi connectivity index (χ0) is 20.6. The van der Waals surface area contributed by atoms with Gasteiger partial charge < -0.3 is 19.7 Å². The third-order valence-electron chi connectivity index (χ3n) is 5.19. The van der Waals surface area contributed by atoms with Gasteiger partial charge >= 0.3 is 0 Å². The number of carbonyl (C=O) groups is 1. The topological polar surface area (TPSA) is 87.3 Å². The molecule has 1 aliphatic rings. The van der Waals surface area contributed by atoms with Gasteiger partial charge in [-0.3, -0.25) is 4.79 Å². The summed E-state index contributed by atoms with van der Waals surface area (Å²) in [6.07, 6.45) is 2.74. The number of aliphatic hydroxyl groups excluding tert-OH is 1. The molecule has 6 heteroatoms. The molecule has 2 aromatic carbocycles. The van der Waals surface area contributed by atoms with Crippen LogP contribution in [0.25, 0.3) is 5.69 Å². The molecule has 0 radical (unpaired) electrons. The summed E-state index contributed by atoms with van der Waals surface area (Å²) in [5.74, 6) is 0.229. The van der Waals surface area contributed by atoms with Gasteiger partial charge in [-0.1, -0.05) is 12.1 Å². The Morgan fingerprint density at radius 1 is 1.17 bits per heavy atom. The van der Waals surface area contributed by atoms with Crippen LogP contribution in [-0.2, 0) is 0 Å². The Balaban J connectivity index is 1.73. The number of hydrogen-bond acceptors (Lipinski definition) is 4. The summed E-state index contributed by atoms with van der Waals surface area (Å²) in [4.78, 5) is 13.2. The molecule has 0 fully saturated rings. The van der Waals surface area contributed by atoms with Crippen molar-refractivity contribution in [3.05, 3.63) is 83.7 Å². The second-order valence-electron chi connectivity index (χ2n) is 7.57. The minimum absolute atomic E-state index is 0.315. The number of ether oxygens (including phenoxy) is 1. The molecular formula is C23H21N3O3. The molecule has 0 spiro atoms. The molecule has 0 aliphatic carbocycles. The van der Waals surface area contributed by atoms with E-state index in [9.17, 15) is 15.2 Å². The maximum absolute atomic E-state index is 13.2. The number of aliphatic hydroxyl groups is 1. The van der Waals surface area contributed by atoms with E-state index < -0.39 is 17.7 Å². The molecule has 1 amide bonds. The van der Waals surface area contributed by atoms with Crippen LogP contribution >= 0.6 is 0 Å². The summed E-state index contributed by atoms with van der Waals surface area (Å²) in [5.41, 5.74) is 1.34. The van der Waals surface area contributed by atoms with Crippen molar-refractivity contribution in [2.24, 2.45) is 0 Å². The van der Waals surface area contributed by atoms with Crippen LogP contribution in [-0.4, -0.2) is 27.3 Å². The van der Waals surface area contributed by atoms with Crippen molar-refractivity contribution in [1.82, 2.24) is 9.88 Å². The average molecular weight is 387 g/mol. The molecule has 1 aliphatic heterocycles. The lowest BCUT2D eigenvalue weighted by Crippen LogP contribution is -2.53. The van der Waals surface area contributed by atoms with Crippen LogP contribution in [0.1, 0.15) is 41.4 Å². The first-order valence-electron chi connectivity index (χ1n) is 9.35. The number of nitrogens with zero attached hydrogens (tertiary/aromatic N) is 2. The SMILES string of the molecule is CC1(C)Oc2ccc(C#N)cc2C(NC(=O)c2ccccc2-n2cccc2)C1O. The standard InChI is InChI=1S/C23H21N3O3/c1-23(2)21(27)20(17-13-15(14-24)9-10-19(17)29-23)25-22(28)16-7-3-4-8-18(16)26-11-5-6-12-26/h3-13,20-21,27H,1-2H3,(H,25,28). The van der Waals surface area contributed by atoms with Gasteiger partial charge in [0, 0.05) is 18.0 Å². The molecule has 6 nitrogen and oxygen atoms in total. The highest BCUT2D eigenvalue weighted by Crippen LogP contribution is 2.40. The summed E-state index contributed by atoms with van der Waals surface area (Å²) < 4.78 is 7.78. The molecule has 2 N–H and O–H groups in total. The number of benzene rings is 2. The van der Waals surface area contributed by atoms with E-state index in [0.29, 0.717) is 22.4 Å². The van der Waals surface area contributed by atoms with Gasteiger partial charge in [-0.15, -0.1) is 0 Å². The maximum Gasteiger partial charge on any atom is 0.253 e. The summed E-state index contributed by atoms with van der Waals surface area (Å²) in [5, 5.41) is 23.1. The van der Waals surface area contributed by atoms with Gasteiger partial charge in [-0.05, 0) is 56.3 Å². The highest BCUT2D eigenvalue weighted by atomic mass is 16.5. The van der Waals surface area contributed by atoms with E-state index in [1.165, 1.54) is 0 Å². The van der Waals surface area contributed by atoms with E-state index in [2.05, 4.69) is 11.4 Å². The highest BCUT2D eigenvalue weighted by molar-refractivity contribution is 5.98. The molecule has 0 saturated heterocycles. The molecule has 2 unspecified atom stereocenters. The average Bonchev–Trinajstić information content (AvgIpc) is 3.25. The quantitative estimate of drug-likeness (QED) is 0.721. The summed E-state index contributed by atoms with van der Waals surface area (Å²) >= 11 is 0. The first kappa shape index (κ1) is 18.8. The second-order valence-corrected chi connectivity index (χ2v) is 7.57. The summed E-state index contributed by atoms with van der Waals surface area (Å²) in [6.45, 7) is 3.54. The second kappa shape index (κ2) is 7.12. The Hall–Kier alpha value is -3.56. The lowest BCUT2D eigenvalue weighted by Gasteiger charge is -2.42. The lowest BCUT2D eigenvalue weighted by molar-refractivity contribution is -0.0627. The minimum Gasteiger partial charge on any atom is -0.485 e. The van der Waals surface area contributed by atoms with Crippen molar-refractivity contribution in [2.75, 3.05) is 0 Å². The van der Waals surface area contributed by atoms with Gasteiger partial charge in [0.25, 0.3) is 5.91 Å². The normalized spacial score (nSPS) is 19.5. The number of carbonyl (C=O) groups excluding carboxylic acids is 1. The zero-order valence-corrected chi connectivity index (χ0v) is 16.2. The predicted molar refractivity (Wildman–Crippen MR) is 108 cm³/mol. The van der Waals surface area contributed by atoms with E-state index in [0.717, 1.165) is 5.69 Å². The molecule has 29 heavy (non-hydrogen) atoms. The number of para-hydroxylation sites is 1. The maximum atomic E-state index is 13.2. The zero-order valence-electron chi connectivity index (χ0n) is 16.2. The molecule has 0 bridgehead atoms. The van der Waals surface area contributed by atoms with E-state index in [-0.39, 0.29) is 5.91 Å². The Kier molecular flexibility index (Phi) is 4.61. The first-order chi connectivity index (χ1) is 13.9. The Labute approximate surface area is 169 Å². The van der Waals surface area contributed by atoms with Gasteiger partial charge in [-0.2, -0.15) is 5.26 Å². The first-order valence-corrected chi connectivity index (χ1v) is 9.35. The van der Waals surface area contributed by atoms with Crippen molar-refractivity contribution in [1.29, 1.82) is 5.26 Å². The number of nitrogens with one attached hydrogen (secondary N) is 1. The number of aromatic nitrogens is 1. The van der Waals surface area contributed by atoms with Gasteiger partial charge in [0.15, 0.2) is 0 Å². The molecule has 146 valence electrons. The number of fused-ring (bicyclic) bond motifs is 1. The van der Waals surface area contributed by atoms with Crippen LogP contribution < -0.4 is 10.1 Å². The van der Waals surface area contributed by atoms with Gasteiger partial charge in [-0.25, -0.2) is 0 Å². The molecular weight excluding hydrogens is 366 g/mol. The fourth-order valence-corrected chi connectivity index (χ4v) is 3.63. The highest BCUT2D eigenvalue weighted by Gasteiger charge is 2.43. The van der Waals surface area contributed by atoms with Crippen LogP contribution in [0, 0.1) is 11.3 Å². The Morgan fingerprint density at radius 3 is 2.62 bits per heavy atom. The fraction of sp³-hybridized carbons (Fsp3) is 0.217. The number of rotatable bonds is 3. The smallest absolute Gasteiger partial charge is 0.253 e. The lowest BCUT2D eigenvalue weighted by atomic mass is 9.85. The Morgan fingerprint density at radius 2 is 1.90 bits per heavy atom. The molecule has 0 saturated carbocycles. The van der Waals surface area contributed by atoms with Gasteiger partial charge in [0.1, 0.15) is 17.5 Å². The number of hydrogen-bond donors (Lipinski definition) is 2. The van der Waals surface area contributed by atoms with E-state index >= 15 is 0 Å². The Bertz CT molecular complexity index is 1100. The fourth-order valence-electron chi connectivity index (χ4n) is 3.63. The molecule has 3 aromatic rings. The molecule has 2 atom stereocenters. The van der Waals surface area contributed by atoms with E-state index in [1.807, 2.05) is 41.2 Å². The van der Waals surface area contributed by atoms with Crippen molar-refractivity contribution in [3.63, 3.8) is 0 Å². The molecule has 4 rings (SSSR count). The predicted octanol–water partition coefficient (Wildman–Crippen LogP) is 3.35. The molecule has 1 aromatic heterocycles. The van der Waals surface area contributed by atoms with Gasteiger partial charge in [0.2, 0.25) is 0 Å². The number of nitriles is 1. The molecule has 2 heterocycles. The van der Waals surface area contributed by atoms with Crippen LogP contribution in [0.5, 0.6) is 5.75 Å². The minimum atomic E-state index is -0.994. The summed E-state index contributed by atoms with van der Waals surface area (Å²) in [6, 6.07) is 17.4.